The number of amides is 1. The summed E-state index contributed by atoms with van der Waals surface area (Å²) in [6, 6.07) is 15.0. The van der Waals surface area contributed by atoms with Crippen LogP contribution < -0.4 is 10.1 Å². The molecule has 5 nitrogen and oxygen atoms in total. The van der Waals surface area contributed by atoms with Gasteiger partial charge in [0, 0.05) is 18.0 Å². The van der Waals surface area contributed by atoms with Crippen molar-refractivity contribution in [3.8, 4) is 5.75 Å². The number of rotatable bonds is 6. The van der Waals surface area contributed by atoms with Gasteiger partial charge in [-0.05, 0) is 37.3 Å². The van der Waals surface area contributed by atoms with E-state index >= 15 is 0 Å². The molecule has 0 aliphatic rings. The number of aryl methyl sites for hydroxylation is 1. The molecule has 0 aliphatic carbocycles. The Morgan fingerprint density at radius 2 is 2.00 bits per heavy atom. The number of aromatic nitrogens is 1. The van der Waals surface area contributed by atoms with Crippen molar-refractivity contribution in [3.63, 3.8) is 0 Å². The fourth-order valence-corrected chi connectivity index (χ4v) is 2.54. The molecule has 3 rings (SSSR count). The van der Waals surface area contributed by atoms with Gasteiger partial charge in [-0.3, -0.25) is 9.78 Å². The number of fused-ring (bicyclic) bond motifs is 1. The van der Waals surface area contributed by atoms with Crippen LogP contribution in [0.1, 0.15) is 16.1 Å². The van der Waals surface area contributed by atoms with Crippen LogP contribution in [0.2, 0.25) is 0 Å². The number of nitrogens with zero attached hydrogens (tertiary/aromatic N) is 1. The molecule has 1 atom stereocenters. The molecule has 1 heterocycles. The second kappa shape index (κ2) is 7.93. The van der Waals surface area contributed by atoms with Crippen LogP contribution in [0, 0.1) is 12.7 Å². The van der Waals surface area contributed by atoms with E-state index in [1.54, 1.807) is 31.2 Å². The zero-order valence-corrected chi connectivity index (χ0v) is 14.3. The zero-order valence-electron chi connectivity index (χ0n) is 14.3. The highest BCUT2D eigenvalue weighted by molar-refractivity contribution is 5.98. The molecule has 0 bridgehead atoms. The van der Waals surface area contributed by atoms with Crippen LogP contribution in [0.15, 0.2) is 54.6 Å². The molecular formula is C20H19FN2O3. The maximum atomic E-state index is 13.3. The molecule has 1 unspecified atom stereocenters. The quantitative estimate of drug-likeness (QED) is 0.714. The standard InChI is InChI=1S/C20H19FN2O3/c1-13-18(9-14-7-8-15(21)10-19(14)23-13)20(25)22-11-16(24)12-26-17-5-3-2-4-6-17/h2-10,16,24H,11-12H2,1H3,(H,22,25). The first-order valence-electron chi connectivity index (χ1n) is 8.24. The van der Waals surface area contributed by atoms with Gasteiger partial charge >= 0.3 is 0 Å². The Hall–Kier alpha value is -2.99. The number of aliphatic hydroxyl groups is 1. The third kappa shape index (κ3) is 4.34. The second-order valence-corrected chi connectivity index (χ2v) is 5.95. The topological polar surface area (TPSA) is 71.5 Å². The van der Waals surface area contributed by atoms with Crippen molar-refractivity contribution in [3.05, 3.63) is 71.7 Å². The smallest absolute Gasteiger partial charge is 0.253 e. The van der Waals surface area contributed by atoms with E-state index in [2.05, 4.69) is 10.3 Å². The summed E-state index contributed by atoms with van der Waals surface area (Å²) in [6.07, 6.45) is -0.845. The lowest BCUT2D eigenvalue weighted by atomic mass is 10.1. The molecule has 26 heavy (non-hydrogen) atoms. The van der Waals surface area contributed by atoms with E-state index in [1.807, 2.05) is 18.2 Å². The first-order valence-corrected chi connectivity index (χ1v) is 8.24. The van der Waals surface area contributed by atoms with E-state index in [-0.39, 0.29) is 24.9 Å². The minimum atomic E-state index is -0.845. The van der Waals surface area contributed by atoms with Crippen molar-refractivity contribution < 1.29 is 19.0 Å². The Balaban J connectivity index is 1.60. The lowest BCUT2D eigenvalue weighted by Gasteiger charge is -2.14. The number of ether oxygens (including phenoxy) is 1. The maximum Gasteiger partial charge on any atom is 0.253 e. The van der Waals surface area contributed by atoms with E-state index in [9.17, 15) is 14.3 Å². The van der Waals surface area contributed by atoms with Gasteiger partial charge in [0.05, 0.1) is 16.8 Å². The maximum absolute atomic E-state index is 13.3. The van der Waals surface area contributed by atoms with Crippen molar-refractivity contribution in [2.45, 2.75) is 13.0 Å². The van der Waals surface area contributed by atoms with Gasteiger partial charge < -0.3 is 15.2 Å². The molecule has 0 saturated carbocycles. The van der Waals surface area contributed by atoms with Crippen molar-refractivity contribution in [2.75, 3.05) is 13.2 Å². The molecule has 0 aliphatic heterocycles. The number of nitrogens with one attached hydrogen (secondary N) is 1. The van der Waals surface area contributed by atoms with Crippen LogP contribution in [-0.2, 0) is 0 Å². The third-order valence-corrected chi connectivity index (χ3v) is 3.90. The van der Waals surface area contributed by atoms with Crippen LogP contribution in [0.25, 0.3) is 10.9 Å². The Morgan fingerprint density at radius 1 is 1.23 bits per heavy atom. The number of hydrogen-bond acceptors (Lipinski definition) is 4. The molecule has 6 heteroatoms. The van der Waals surface area contributed by atoms with Crippen LogP contribution in [-0.4, -0.2) is 35.3 Å². The summed E-state index contributed by atoms with van der Waals surface area (Å²) in [5, 5.41) is 13.3. The SMILES string of the molecule is Cc1nc2cc(F)ccc2cc1C(=O)NCC(O)COc1ccccc1. The number of halogens is 1. The summed E-state index contributed by atoms with van der Waals surface area (Å²) >= 11 is 0. The largest absolute Gasteiger partial charge is 0.491 e. The van der Waals surface area contributed by atoms with E-state index in [4.69, 9.17) is 4.74 Å². The summed E-state index contributed by atoms with van der Waals surface area (Å²) in [6.45, 7) is 1.80. The summed E-state index contributed by atoms with van der Waals surface area (Å²) in [7, 11) is 0. The van der Waals surface area contributed by atoms with Crippen LogP contribution in [0.4, 0.5) is 4.39 Å². The molecule has 0 fully saturated rings. The van der Waals surface area contributed by atoms with Crippen LogP contribution in [0.3, 0.4) is 0 Å². The highest BCUT2D eigenvalue weighted by Crippen LogP contribution is 2.17. The molecule has 3 aromatic rings. The van der Waals surface area contributed by atoms with E-state index in [0.29, 0.717) is 27.9 Å². The van der Waals surface area contributed by atoms with Crippen molar-refractivity contribution in [1.29, 1.82) is 0 Å². The van der Waals surface area contributed by atoms with Crippen LogP contribution >= 0.6 is 0 Å². The van der Waals surface area contributed by atoms with Crippen LogP contribution in [0.5, 0.6) is 5.75 Å². The lowest BCUT2D eigenvalue weighted by molar-refractivity contribution is 0.0843. The van der Waals surface area contributed by atoms with Gasteiger partial charge in [-0.25, -0.2) is 4.39 Å². The van der Waals surface area contributed by atoms with Gasteiger partial charge in [-0.15, -0.1) is 0 Å². The Bertz CT molecular complexity index is 916. The average Bonchev–Trinajstić information content (AvgIpc) is 2.64. The summed E-state index contributed by atoms with van der Waals surface area (Å²) in [5.41, 5.74) is 1.38. The van der Waals surface area contributed by atoms with Gasteiger partial charge in [0.2, 0.25) is 0 Å². The summed E-state index contributed by atoms with van der Waals surface area (Å²) in [5.74, 6) is -0.0668. The minimum Gasteiger partial charge on any atom is -0.491 e. The molecule has 134 valence electrons. The number of carbonyl (C=O) groups excluding carboxylic acids is 1. The number of carbonyl (C=O) groups is 1. The lowest BCUT2D eigenvalue weighted by Crippen LogP contribution is -2.35. The fourth-order valence-electron chi connectivity index (χ4n) is 2.54. The normalized spacial score (nSPS) is 12.0. The minimum absolute atomic E-state index is 0.0482. The van der Waals surface area contributed by atoms with E-state index in [1.165, 1.54) is 12.1 Å². The number of para-hydroxylation sites is 1. The highest BCUT2D eigenvalue weighted by atomic mass is 19.1. The number of pyridine rings is 1. The average molecular weight is 354 g/mol. The molecule has 0 saturated heterocycles. The molecule has 1 aromatic heterocycles. The third-order valence-electron chi connectivity index (χ3n) is 3.90. The number of hydrogen-bond donors (Lipinski definition) is 2. The van der Waals surface area contributed by atoms with Crippen molar-refractivity contribution in [2.24, 2.45) is 0 Å². The monoisotopic (exact) mass is 354 g/mol. The van der Waals surface area contributed by atoms with E-state index in [0.717, 1.165) is 0 Å². The van der Waals surface area contributed by atoms with E-state index < -0.39 is 6.10 Å². The fraction of sp³-hybridized carbons (Fsp3) is 0.200. The van der Waals surface area contributed by atoms with Gasteiger partial charge in [0.15, 0.2) is 0 Å². The Kier molecular flexibility index (Phi) is 5.43. The summed E-state index contributed by atoms with van der Waals surface area (Å²) < 4.78 is 18.7. The Labute approximate surface area is 150 Å². The predicted octanol–water partition coefficient (Wildman–Crippen LogP) is 2.85. The Morgan fingerprint density at radius 3 is 2.77 bits per heavy atom. The molecule has 1 amide bonds. The molecular weight excluding hydrogens is 335 g/mol. The molecule has 0 radical (unpaired) electrons. The van der Waals surface area contributed by atoms with Gasteiger partial charge in [-0.1, -0.05) is 18.2 Å². The molecule has 0 spiro atoms. The van der Waals surface area contributed by atoms with Gasteiger partial charge in [0.25, 0.3) is 5.91 Å². The number of benzene rings is 2. The number of aliphatic hydroxyl groups excluding tert-OH is 1. The molecule has 2 aromatic carbocycles. The van der Waals surface area contributed by atoms with Crippen molar-refractivity contribution in [1.82, 2.24) is 10.3 Å². The first kappa shape index (κ1) is 17.8. The van der Waals surface area contributed by atoms with Gasteiger partial charge in [0.1, 0.15) is 24.3 Å². The highest BCUT2D eigenvalue weighted by Gasteiger charge is 2.14. The molecule has 2 N–H and O–H groups in total. The second-order valence-electron chi connectivity index (χ2n) is 5.95. The van der Waals surface area contributed by atoms with Gasteiger partial charge in [-0.2, -0.15) is 0 Å². The first-order chi connectivity index (χ1) is 12.5. The predicted molar refractivity (Wildman–Crippen MR) is 96.7 cm³/mol. The van der Waals surface area contributed by atoms with Crippen molar-refractivity contribution >= 4 is 16.8 Å². The summed E-state index contributed by atoms with van der Waals surface area (Å²) in [4.78, 5) is 16.7. The zero-order chi connectivity index (χ0) is 18.5.